The van der Waals surface area contributed by atoms with Crippen LogP contribution >= 0.6 is 34.0 Å². The number of carboxylic acid groups (broad SMARTS) is 1. The van der Waals surface area contributed by atoms with Gasteiger partial charge in [0.2, 0.25) is 0 Å². The molecular formula is C32H41FN4O5S4. The highest BCUT2D eigenvalue weighted by Gasteiger charge is 2.13. The number of nitrogens with zero attached hydrogens (tertiary/aromatic N) is 3. The summed E-state index contributed by atoms with van der Waals surface area (Å²) in [5.74, 6) is -1.97. The Morgan fingerprint density at radius 1 is 1.02 bits per heavy atom. The molecular weight excluding hydrogens is 668 g/mol. The normalized spacial score (nSPS) is 10.6. The second-order valence-corrected chi connectivity index (χ2v) is 13.4. The van der Waals surface area contributed by atoms with Gasteiger partial charge in [-0.05, 0) is 57.5 Å². The number of carbonyl (C=O) groups is 2. The molecule has 250 valence electrons. The van der Waals surface area contributed by atoms with Crippen LogP contribution in [0, 0.1) is 26.6 Å². The van der Waals surface area contributed by atoms with Crippen molar-refractivity contribution in [2.75, 3.05) is 12.3 Å². The van der Waals surface area contributed by atoms with Gasteiger partial charge in [0.15, 0.2) is 16.9 Å². The average molecular weight is 709 g/mol. The summed E-state index contributed by atoms with van der Waals surface area (Å²) in [5.41, 5.74) is 2.58. The molecule has 0 aliphatic carbocycles. The Labute approximate surface area is 284 Å². The van der Waals surface area contributed by atoms with Crippen molar-refractivity contribution in [3.05, 3.63) is 79.4 Å². The van der Waals surface area contributed by atoms with Crippen LogP contribution in [0.5, 0.6) is 0 Å². The van der Waals surface area contributed by atoms with Crippen molar-refractivity contribution in [3.8, 4) is 0 Å². The third kappa shape index (κ3) is 12.1. The molecule has 1 atom stereocenters. The van der Waals surface area contributed by atoms with E-state index >= 15 is 0 Å². The lowest BCUT2D eigenvalue weighted by atomic mass is 10.2. The van der Waals surface area contributed by atoms with Crippen molar-refractivity contribution in [2.24, 2.45) is 0 Å². The monoisotopic (exact) mass is 708 g/mol. The third-order valence-corrected chi connectivity index (χ3v) is 9.13. The van der Waals surface area contributed by atoms with E-state index < -0.39 is 28.8 Å². The highest BCUT2D eigenvalue weighted by atomic mass is 32.2. The van der Waals surface area contributed by atoms with Gasteiger partial charge in [-0.15, -0.1) is 34.0 Å². The number of aryl methyl sites for hydroxylation is 4. The summed E-state index contributed by atoms with van der Waals surface area (Å²) in [4.78, 5) is 36.4. The molecule has 0 spiro atoms. The topological polar surface area (TPSA) is 142 Å². The summed E-state index contributed by atoms with van der Waals surface area (Å²) in [6, 6.07) is 7.82. The van der Waals surface area contributed by atoms with Crippen LogP contribution < -0.4 is 5.32 Å². The van der Waals surface area contributed by atoms with E-state index in [0.717, 1.165) is 38.4 Å². The molecule has 0 saturated heterocycles. The molecule has 3 N–H and O–H groups in total. The lowest BCUT2D eigenvalue weighted by Crippen LogP contribution is -2.27. The van der Waals surface area contributed by atoms with Crippen LogP contribution in [-0.4, -0.2) is 53.0 Å². The van der Waals surface area contributed by atoms with Gasteiger partial charge in [-0.2, -0.15) is 0 Å². The molecule has 1 unspecified atom stereocenters. The summed E-state index contributed by atoms with van der Waals surface area (Å²) in [6.07, 6.45) is 2.84. The predicted octanol–water partition coefficient (Wildman–Crippen LogP) is 8.71. The summed E-state index contributed by atoms with van der Waals surface area (Å²) in [6.45, 7) is 19.6. The molecule has 5 rings (SSSR count). The maximum absolute atomic E-state index is 13.7. The predicted molar refractivity (Wildman–Crippen MR) is 193 cm³/mol. The Morgan fingerprint density at radius 3 is 2.22 bits per heavy atom. The van der Waals surface area contributed by atoms with Gasteiger partial charge >= 0.3 is 5.97 Å². The van der Waals surface area contributed by atoms with E-state index in [1.165, 1.54) is 32.6 Å². The number of hydrogen-bond donors (Lipinski definition) is 3. The number of nitrogens with one attached hydrogen (secondary N) is 1. The van der Waals surface area contributed by atoms with Crippen LogP contribution in [0.4, 0.5) is 4.39 Å². The Bertz CT molecular complexity index is 1760. The minimum atomic E-state index is -1.96. The van der Waals surface area contributed by atoms with Crippen molar-refractivity contribution in [3.63, 3.8) is 0 Å². The van der Waals surface area contributed by atoms with Crippen LogP contribution in [0.1, 0.15) is 80.9 Å². The van der Waals surface area contributed by atoms with Crippen molar-refractivity contribution in [1.82, 2.24) is 20.3 Å². The van der Waals surface area contributed by atoms with E-state index in [1.54, 1.807) is 36.5 Å². The number of thiazole rings is 3. The Morgan fingerprint density at radius 2 is 1.67 bits per heavy atom. The maximum Gasteiger partial charge on any atom is 0.337 e. The summed E-state index contributed by atoms with van der Waals surface area (Å²) < 4.78 is 34.1. The first-order chi connectivity index (χ1) is 21.9. The van der Waals surface area contributed by atoms with Gasteiger partial charge in [-0.3, -0.25) is 4.79 Å². The second-order valence-electron chi connectivity index (χ2n) is 8.62. The molecule has 5 aromatic rings. The smallest absolute Gasteiger partial charge is 0.337 e. The Hall–Kier alpha value is -3.43. The summed E-state index contributed by atoms with van der Waals surface area (Å²) in [7, 11) is 0. The number of hydrogen-bond acceptors (Lipinski definition) is 9. The van der Waals surface area contributed by atoms with Crippen LogP contribution in [0.25, 0.3) is 26.5 Å². The van der Waals surface area contributed by atoms with E-state index in [9.17, 15) is 18.2 Å². The number of carbonyl (C=O) groups excluding carboxylic acids is 1. The van der Waals surface area contributed by atoms with Crippen molar-refractivity contribution < 1.29 is 27.8 Å². The number of aromatic carboxylic acids is 1. The Balaban J connectivity index is 0.000000342. The molecule has 3 aromatic heterocycles. The van der Waals surface area contributed by atoms with Gasteiger partial charge in [-0.1, -0.05) is 47.3 Å². The quantitative estimate of drug-likeness (QED) is 0.143. The van der Waals surface area contributed by atoms with Crippen molar-refractivity contribution >= 4 is 83.5 Å². The number of fused-ring (bicyclic) bond motifs is 2. The molecule has 0 fully saturated rings. The molecule has 0 bridgehead atoms. The molecule has 1 amide bonds. The average Bonchev–Trinajstić information content (AvgIpc) is 3.73. The summed E-state index contributed by atoms with van der Waals surface area (Å²) in [5, 5.41) is 14.1. The largest absolute Gasteiger partial charge is 0.478 e. The first-order valence-corrected chi connectivity index (χ1v) is 18.3. The number of aromatic nitrogens is 3. The molecule has 46 heavy (non-hydrogen) atoms. The molecule has 0 aliphatic heterocycles. The molecule has 9 nitrogen and oxygen atoms in total. The molecule has 0 radical (unpaired) electrons. The van der Waals surface area contributed by atoms with Gasteiger partial charge in [-0.25, -0.2) is 28.3 Å². The van der Waals surface area contributed by atoms with Gasteiger partial charge < -0.3 is 15.0 Å². The second kappa shape index (κ2) is 20.6. The number of halogens is 1. The molecule has 0 aliphatic rings. The van der Waals surface area contributed by atoms with E-state index in [-0.39, 0.29) is 23.4 Å². The molecule has 14 heteroatoms. The highest BCUT2D eigenvalue weighted by molar-refractivity contribution is 7.79. The standard InChI is InChI=1S/C11H11FN2O3S2.C9H7NO2S.C8H11NS.2C2H6/c1-6-14-10-8(12)4-7(5-9(10)18-6)11(15)13-2-3-19(16)17;1-5-10-7-4-2-3-6(9(11)12)8(7)13-5;1-4-7-6(3)10-8(5-2)9-7;2*1-2/h4-5H,2-3H2,1H3,(H,13,15)(H,16,17);2-4H,1H3,(H,11,12);4H,1,5H2,2-3H3;2*1-2H3. The fourth-order valence-corrected chi connectivity index (χ4v) is 6.57. The zero-order valence-corrected chi connectivity index (χ0v) is 30.5. The van der Waals surface area contributed by atoms with Crippen LogP contribution in [0.2, 0.25) is 0 Å². The number of benzene rings is 2. The lowest BCUT2D eigenvalue weighted by Gasteiger charge is -2.04. The molecule has 3 heterocycles. The zero-order chi connectivity index (χ0) is 35.0. The van der Waals surface area contributed by atoms with Crippen molar-refractivity contribution in [1.29, 1.82) is 0 Å². The van der Waals surface area contributed by atoms with Gasteiger partial charge in [0.1, 0.15) is 5.52 Å². The highest BCUT2D eigenvalue weighted by Crippen LogP contribution is 2.26. The number of carboxylic acids is 1. The summed E-state index contributed by atoms with van der Waals surface area (Å²) >= 11 is 2.52. The van der Waals surface area contributed by atoms with E-state index in [4.69, 9.17) is 9.66 Å². The number of amides is 1. The van der Waals surface area contributed by atoms with Gasteiger partial charge in [0.25, 0.3) is 5.91 Å². The minimum absolute atomic E-state index is 0.0588. The van der Waals surface area contributed by atoms with Crippen molar-refractivity contribution in [2.45, 2.75) is 61.8 Å². The van der Waals surface area contributed by atoms with Gasteiger partial charge in [0, 0.05) is 17.0 Å². The number of rotatable bonds is 7. The molecule has 2 aromatic carbocycles. The maximum atomic E-state index is 13.7. The van der Waals surface area contributed by atoms with Crippen LogP contribution in [0.15, 0.2) is 36.9 Å². The van der Waals surface area contributed by atoms with E-state index in [1.807, 2.05) is 46.8 Å². The van der Waals surface area contributed by atoms with Crippen LogP contribution in [0.3, 0.4) is 0 Å². The van der Waals surface area contributed by atoms with E-state index in [0.29, 0.717) is 10.3 Å². The zero-order valence-electron chi connectivity index (χ0n) is 27.3. The first-order valence-electron chi connectivity index (χ1n) is 14.5. The van der Waals surface area contributed by atoms with E-state index in [2.05, 4.69) is 40.7 Å². The SMILES string of the molecule is C=Cc1nc(CC)sc1C.CC.CC.Cc1nc2c(F)cc(C(=O)NCCS(=O)O)cc2s1.Cc1nc2cccc(C(=O)O)c2s1. The minimum Gasteiger partial charge on any atom is -0.478 e. The third-order valence-electron chi connectivity index (χ3n) is 5.50. The van der Waals surface area contributed by atoms with Gasteiger partial charge in [0.05, 0.1) is 46.9 Å². The lowest BCUT2D eigenvalue weighted by molar-refractivity contribution is 0.0699. The fourth-order valence-electron chi connectivity index (χ4n) is 3.62. The van der Waals surface area contributed by atoms with Crippen LogP contribution in [-0.2, 0) is 17.5 Å². The Kier molecular flexibility index (Phi) is 18.2. The first kappa shape index (κ1) is 40.6. The fraction of sp³-hybridized carbons (Fsp3) is 0.344. The molecule has 0 saturated carbocycles.